The number of ketones is 1. The fraction of sp³-hybridized carbons (Fsp3) is 0.621. The van der Waals surface area contributed by atoms with Gasteiger partial charge in [-0.25, -0.2) is 17.2 Å². The number of carbonyl (C=O) groups is 1. The Morgan fingerprint density at radius 3 is 2.36 bits per heavy atom. The molecule has 5 aliphatic carbocycles. The maximum Gasteiger partial charge on any atom is 0.274 e. The van der Waals surface area contributed by atoms with Gasteiger partial charge in [0.05, 0.1) is 10.1 Å². The lowest BCUT2D eigenvalue weighted by atomic mass is 9.50. The first-order valence-electron chi connectivity index (χ1n) is 13.3. The zero-order valence-electron chi connectivity index (χ0n) is 20.9. The van der Waals surface area contributed by atoms with Crippen LogP contribution in [0.2, 0.25) is 0 Å². The van der Waals surface area contributed by atoms with Gasteiger partial charge in [-0.2, -0.15) is 0 Å². The molecular formula is C29H34F2O4S. The molecule has 0 radical (unpaired) electrons. The predicted octanol–water partition coefficient (Wildman–Crippen LogP) is 5.91. The van der Waals surface area contributed by atoms with E-state index in [9.17, 15) is 27.1 Å². The summed E-state index contributed by atoms with van der Waals surface area (Å²) in [7, 11) is -3.32. The fourth-order valence-corrected chi connectivity index (χ4v) is 9.80. The maximum absolute atomic E-state index is 15.0. The van der Waals surface area contributed by atoms with Crippen molar-refractivity contribution < 1.29 is 27.1 Å². The maximum atomic E-state index is 15.0. The molecule has 194 valence electrons. The van der Waals surface area contributed by atoms with Crippen molar-refractivity contribution >= 4 is 15.6 Å². The minimum absolute atomic E-state index is 0.0548. The van der Waals surface area contributed by atoms with Gasteiger partial charge in [-0.05, 0) is 98.1 Å². The minimum Gasteiger partial charge on any atom is -0.383 e. The van der Waals surface area contributed by atoms with E-state index in [0.29, 0.717) is 43.4 Å². The van der Waals surface area contributed by atoms with E-state index in [2.05, 4.69) is 0 Å². The third kappa shape index (κ3) is 3.37. The Kier molecular flexibility index (Phi) is 5.32. The highest BCUT2D eigenvalue weighted by atomic mass is 32.2. The summed E-state index contributed by atoms with van der Waals surface area (Å²) in [6.07, 6.45) is 6.83. The Balaban J connectivity index is 1.49. The van der Waals surface area contributed by atoms with Crippen LogP contribution in [0.1, 0.15) is 83.1 Å². The number of rotatable bonds is 4. The lowest BCUT2D eigenvalue weighted by Crippen LogP contribution is -2.59. The molecule has 5 atom stereocenters. The van der Waals surface area contributed by atoms with Crippen LogP contribution in [0.4, 0.5) is 8.78 Å². The smallest absolute Gasteiger partial charge is 0.274 e. The lowest BCUT2D eigenvalue weighted by Gasteiger charge is -2.55. The highest BCUT2D eigenvalue weighted by molar-refractivity contribution is 7.92. The topological polar surface area (TPSA) is 71.4 Å². The second-order valence-electron chi connectivity index (χ2n) is 12.1. The second-order valence-corrected chi connectivity index (χ2v) is 14.3. The van der Waals surface area contributed by atoms with E-state index in [1.165, 1.54) is 11.1 Å². The molecule has 1 aromatic rings. The zero-order chi connectivity index (χ0) is 25.7. The Hall–Kier alpha value is -1.86. The van der Waals surface area contributed by atoms with Crippen LogP contribution in [0.5, 0.6) is 0 Å². The fourth-order valence-electron chi connectivity index (χ4n) is 8.15. The average molecular weight is 517 g/mol. The van der Waals surface area contributed by atoms with E-state index in [4.69, 9.17) is 0 Å². The molecule has 36 heavy (non-hydrogen) atoms. The molecule has 0 amide bonds. The number of halogens is 2. The van der Waals surface area contributed by atoms with Gasteiger partial charge in [0.25, 0.3) is 5.92 Å². The number of hydrogen-bond acceptors (Lipinski definition) is 4. The van der Waals surface area contributed by atoms with Gasteiger partial charge in [0.15, 0.2) is 15.6 Å². The van der Waals surface area contributed by atoms with E-state index in [1.54, 1.807) is 18.2 Å². The number of alkyl halides is 2. The number of fused-ring (bicyclic) bond motifs is 4. The van der Waals surface area contributed by atoms with Crippen LogP contribution in [0.3, 0.4) is 0 Å². The summed E-state index contributed by atoms with van der Waals surface area (Å²) in [4.78, 5) is 12.5. The first kappa shape index (κ1) is 24.5. The van der Waals surface area contributed by atoms with Gasteiger partial charge >= 0.3 is 0 Å². The third-order valence-corrected chi connectivity index (χ3v) is 12.5. The SMILES string of the molecule is CC(F)(F)[C@]1(O)CCC2C3CCC4=CC(=O)CCC4=C3C(c3ccc(S(=O)(=O)C4CC4)cc3)C[C@@]21C. The molecule has 0 spiro atoms. The van der Waals surface area contributed by atoms with Crippen LogP contribution in [-0.2, 0) is 14.6 Å². The van der Waals surface area contributed by atoms with Gasteiger partial charge in [0.1, 0.15) is 5.60 Å². The molecule has 4 nitrogen and oxygen atoms in total. The summed E-state index contributed by atoms with van der Waals surface area (Å²) in [5.41, 5.74) is 1.36. The van der Waals surface area contributed by atoms with E-state index in [-0.39, 0.29) is 35.2 Å². The summed E-state index contributed by atoms with van der Waals surface area (Å²) in [5, 5.41) is 11.2. The van der Waals surface area contributed by atoms with E-state index in [1.807, 2.05) is 19.1 Å². The van der Waals surface area contributed by atoms with E-state index in [0.717, 1.165) is 30.9 Å². The molecule has 3 unspecified atom stereocenters. The number of aliphatic hydroxyl groups is 1. The molecule has 0 saturated heterocycles. The van der Waals surface area contributed by atoms with Crippen molar-refractivity contribution in [2.24, 2.45) is 17.3 Å². The van der Waals surface area contributed by atoms with Gasteiger partial charge in [0, 0.05) is 24.7 Å². The van der Waals surface area contributed by atoms with Crippen molar-refractivity contribution in [1.29, 1.82) is 0 Å². The molecule has 0 aliphatic heterocycles. The van der Waals surface area contributed by atoms with Crippen molar-refractivity contribution in [2.75, 3.05) is 0 Å². The number of allylic oxidation sites excluding steroid dienone is 4. The number of benzene rings is 1. The Morgan fingerprint density at radius 2 is 1.72 bits per heavy atom. The predicted molar refractivity (Wildman–Crippen MR) is 132 cm³/mol. The van der Waals surface area contributed by atoms with Gasteiger partial charge in [-0.3, -0.25) is 4.79 Å². The number of carbonyl (C=O) groups excluding carboxylic acids is 1. The van der Waals surface area contributed by atoms with Crippen LogP contribution >= 0.6 is 0 Å². The molecule has 1 aromatic carbocycles. The lowest BCUT2D eigenvalue weighted by molar-refractivity contribution is -0.228. The molecular weight excluding hydrogens is 482 g/mol. The molecule has 0 aromatic heterocycles. The Morgan fingerprint density at radius 1 is 1.03 bits per heavy atom. The monoisotopic (exact) mass is 516 g/mol. The highest BCUT2D eigenvalue weighted by Gasteiger charge is 2.69. The summed E-state index contributed by atoms with van der Waals surface area (Å²) < 4.78 is 55.5. The van der Waals surface area contributed by atoms with Crippen LogP contribution in [0.25, 0.3) is 0 Å². The first-order chi connectivity index (χ1) is 16.9. The van der Waals surface area contributed by atoms with Crippen molar-refractivity contribution in [1.82, 2.24) is 0 Å². The minimum atomic E-state index is -3.32. The van der Waals surface area contributed by atoms with Crippen LogP contribution < -0.4 is 0 Å². The summed E-state index contributed by atoms with van der Waals surface area (Å²) in [6.45, 7) is 2.69. The first-order valence-corrected chi connectivity index (χ1v) is 14.8. The zero-order valence-corrected chi connectivity index (χ0v) is 21.7. The largest absolute Gasteiger partial charge is 0.383 e. The molecule has 5 aliphatic rings. The Labute approximate surface area is 211 Å². The molecule has 6 rings (SSSR count). The normalized spacial score (nSPS) is 36.8. The summed E-state index contributed by atoms with van der Waals surface area (Å²) in [5.74, 6) is -3.28. The van der Waals surface area contributed by atoms with Crippen molar-refractivity contribution in [3.63, 3.8) is 0 Å². The third-order valence-electron chi connectivity index (χ3n) is 10.2. The van der Waals surface area contributed by atoms with Gasteiger partial charge in [-0.15, -0.1) is 0 Å². The van der Waals surface area contributed by atoms with E-state index >= 15 is 0 Å². The van der Waals surface area contributed by atoms with Gasteiger partial charge in [-0.1, -0.05) is 24.6 Å². The standard InChI is InChI=1S/C29H34F2O4S/c1-27-16-24(17-3-7-20(8-4-17)36(34,35)21-9-10-21)26-22-12-6-19(32)15-18(22)5-11-23(26)25(27)13-14-29(27,33)28(2,30)31/h3-4,7-8,15,21,23-25,33H,5-6,9-14,16H2,1-2H3/t23?,24?,25?,27-,29-/m0/s1. The van der Waals surface area contributed by atoms with Crippen molar-refractivity contribution in [3.8, 4) is 0 Å². The molecule has 3 saturated carbocycles. The molecule has 0 bridgehead atoms. The molecule has 1 N–H and O–H groups in total. The van der Waals surface area contributed by atoms with E-state index < -0.39 is 26.8 Å². The van der Waals surface area contributed by atoms with Crippen LogP contribution in [-0.4, -0.2) is 36.1 Å². The molecule has 3 fully saturated rings. The molecule has 7 heteroatoms. The van der Waals surface area contributed by atoms with Gasteiger partial charge in [0.2, 0.25) is 0 Å². The Bertz CT molecular complexity index is 1290. The summed E-state index contributed by atoms with van der Waals surface area (Å²) >= 11 is 0. The molecule has 0 heterocycles. The average Bonchev–Trinajstić information content (AvgIpc) is 3.64. The quantitative estimate of drug-likeness (QED) is 0.540. The summed E-state index contributed by atoms with van der Waals surface area (Å²) in [6, 6.07) is 7.02. The van der Waals surface area contributed by atoms with Gasteiger partial charge < -0.3 is 5.11 Å². The number of sulfone groups is 1. The van der Waals surface area contributed by atoms with Crippen molar-refractivity contribution in [2.45, 2.75) is 99.2 Å². The number of hydrogen-bond donors (Lipinski definition) is 1. The van der Waals surface area contributed by atoms with Crippen molar-refractivity contribution in [3.05, 3.63) is 52.6 Å². The second kappa shape index (κ2) is 7.83. The van der Waals surface area contributed by atoms with Crippen LogP contribution in [0, 0.1) is 17.3 Å². The van der Waals surface area contributed by atoms with Crippen LogP contribution in [0.15, 0.2) is 52.0 Å². The highest BCUT2D eigenvalue weighted by Crippen LogP contribution is 2.69.